The van der Waals surface area contributed by atoms with Crippen molar-refractivity contribution in [3.63, 3.8) is 0 Å². The zero-order valence-corrected chi connectivity index (χ0v) is 11.5. The van der Waals surface area contributed by atoms with E-state index in [4.69, 9.17) is 10.5 Å². The molecule has 0 unspecified atom stereocenters. The van der Waals surface area contributed by atoms with E-state index in [2.05, 4.69) is 12.1 Å². The van der Waals surface area contributed by atoms with Gasteiger partial charge < -0.3 is 10.5 Å². The third-order valence-electron chi connectivity index (χ3n) is 3.37. The molecule has 1 aliphatic rings. The average Bonchev–Trinajstić information content (AvgIpc) is 3.24. The molecule has 0 bridgehead atoms. The van der Waals surface area contributed by atoms with Crippen LogP contribution >= 0.6 is 12.4 Å². The van der Waals surface area contributed by atoms with E-state index in [1.165, 1.54) is 18.4 Å². The van der Waals surface area contributed by atoms with Crippen LogP contribution in [0.5, 0.6) is 11.5 Å². The molecule has 2 N–H and O–H groups in total. The first-order valence-corrected chi connectivity index (χ1v) is 6.41. The maximum Gasteiger partial charge on any atom is 0.127 e. The zero-order chi connectivity index (χ0) is 12.4. The predicted octanol–water partition coefficient (Wildman–Crippen LogP) is 4.31. The van der Waals surface area contributed by atoms with Crippen LogP contribution in [0.1, 0.15) is 24.4 Å². The molecule has 3 rings (SSSR count). The summed E-state index contributed by atoms with van der Waals surface area (Å²) >= 11 is 0. The standard InChI is InChI=1S/C16H17NO.ClH/c17-16(12-6-7-12)13-8-10-15(11-9-13)18-14-4-2-1-3-5-14;/h1-5,8-12,16H,6-7,17H2;1H/t16-;/m1./s1. The van der Waals surface area contributed by atoms with Gasteiger partial charge in [0.1, 0.15) is 11.5 Å². The molecule has 3 heteroatoms. The van der Waals surface area contributed by atoms with Gasteiger partial charge in [0.15, 0.2) is 0 Å². The summed E-state index contributed by atoms with van der Waals surface area (Å²) in [7, 11) is 0. The fraction of sp³-hybridized carbons (Fsp3) is 0.250. The van der Waals surface area contributed by atoms with Crippen molar-refractivity contribution in [2.24, 2.45) is 11.7 Å². The Labute approximate surface area is 120 Å². The molecule has 0 amide bonds. The average molecular weight is 276 g/mol. The van der Waals surface area contributed by atoms with Crippen LogP contribution in [0.25, 0.3) is 0 Å². The molecule has 0 spiro atoms. The van der Waals surface area contributed by atoms with Crippen LogP contribution in [0.3, 0.4) is 0 Å². The third kappa shape index (κ3) is 3.49. The lowest BCUT2D eigenvalue weighted by Gasteiger charge is -2.11. The summed E-state index contributed by atoms with van der Waals surface area (Å²) in [5, 5.41) is 0. The lowest BCUT2D eigenvalue weighted by Crippen LogP contribution is -2.11. The molecule has 100 valence electrons. The van der Waals surface area contributed by atoms with Gasteiger partial charge in [-0.15, -0.1) is 12.4 Å². The van der Waals surface area contributed by atoms with Crippen LogP contribution in [0.2, 0.25) is 0 Å². The van der Waals surface area contributed by atoms with E-state index in [1.807, 2.05) is 42.5 Å². The third-order valence-corrected chi connectivity index (χ3v) is 3.37. The van der Waals surface area contributed by atoms with Gasteiger partial charge in [0.05, 0.1) is 0 Å². The summed E-state index contributed by atoms with van der Waals surface area (Å²) in [4.78, 5) is 0. The molecule has 1 saturated carbocycles. The number of hydrogen-bond donors (Lipinski definition) is 1. The molecule has 2 nitrogen and oxygen atoms in total. The van der Waals surface area contributed by atoms with Crippen LogP contribution in [-0.2, 0) is 0 Å². The minimum absolute atomic E-state index is 0. The highest BCUT2D eigenvalue weighted by atomic mass is 35.5. The molecule has 19 heavy (non-hydrogen) atoms. The van der Waals surface area contributed by atoms with E-state index >= 15 is 0 Å². The van der Waals surface area contributed by atoms with Crippen LogP contribution in [0, 0.1) is 5.92 Å². The quantitative estimate of drug-likeness (QED) is 0.902. The summed E-state index contributed by atoms with van der Waals surface area (Å²) < 4.78 is 5.75. The molecule has 0 saturated heterocycles. The maximum absolute atomic E-state index is 6.16. The molecule has 1 atom stereocenters. The van der Waals surface area contributed by atoms with Gasteiger partial charge in [0.2, 0.25) is 0 Å². The second-order valence-corrected chi connectivity index (χ2v) is 4.85. The smallest absolute Gasteiger partial charge is 0.127 e. The van der Waals surface area contributed by atoms with Crippen molar-refractivity contribution in [3.8, 4) is 11.5 Å². The first-order chi connectivity index (χ1) is 8.83. The number of ether oxygens (including phenoxy) is 1. The van der Waals surface area contributed by atoms with E-state index in [0.29, 0.717) is 5.92 Å². The Morgan fingerprint density at radius 1 is 0.895 bits per heavy atom. The van der Waals surface area contributed by atoms with E-state index < -0.39 is 0 Å². The molecule has 2 aromatic rings. The normalized spacial score (nSPS) is 15.4. The van der Waals surface area contributed by atoms with Crippen molar-refractivity contribution in [2.45, 2.75) is 18.9 Å². The van der Waals surface area contributed by atoms with Crippen molar-refractivity contribution in [1.29, 1.82) is 0 Å². The highest BCUT2D eigenvalue weighted by Gasteiger charge is 2.29. The number of benzene rings is 2. The molecular formula is C16H18ClNO. The van der Waals surface area contributed by atoms with Gasteiger partial charge in [-0.05, 0) is 48.6 Å². The number of hydrogen-bond acceptors (Lipinski definition) is 2. The fourth-order valence-electron chi connectivity index (χ4n) is 2.11. The van der Waals surface area contributed by atoms with Crippen molar-refractivity contribution in [1.82, 2.24) is 0 Å². The summed E-state index contributed by atoms with van der Waals surface area (Å²) in [5.74, 6) is 2.40. The molecule has 2 aromatic carbocycles. The Balaban J connectivity index is 0.00000133. The lowest BCUT2D eigenvalue weighted by atomic mass is 10.0. The maximum atomic E-state index is 6.16. The van der Waals surface area contributed by atoms with E-state index in [0.717, 1.165) is 11.5 Å². The van der Waals surface area contributed by atoms with E-state index in [1.54, 1.807) is 0 Å². The summed E-state index contributed by atoms with van der Waals surface area (Å²) in [6, 6.07) is 18.1. The highest BCUT2D eigenvalue weighted by Crippen LogP contribution is 2.39. The number of rotatable bonds is 4. The molecule has 1 aliphatic carbocycles. The molecule has 0 heterocycles. The van der Waals surface area contributed by atoms with Crippen LogP contribution in [0.4, 0.5) is 0 Å². The van der Waals surface area contributed by atoms with Gasteiger partial charge in [0, 0.05) is 6.04 Å². The van der Waals surface area contributed by atoms with Crippen molar-refractivity contribution < 1.29 is 4.74 Å². The number of nitrogens with two attached hydrogens (primary N) is 1. The summed E-state index contributed by atoms with van der Waals surface area (Å²) in [6.45, 7) is 0. The van der Waals surface area contributed by atoms with Gasteiger partial charge in [-0.3, -0.25) is 0 Å². The second-order valence-electron chi connectivity index (χ2n) is 4.85. The zero-order valence-electron chi connectivity index (χ0n) is 10.7. The molecule has 0 aromatic heterocycles. The molecule has 1 fully saturated rings. The first kappa shape index (κ1) is 13.9. The minimum atomic E-state index is 0. The molecule has 0 aliphatic heterocycles. The second kappa shape index (κ2) is 6.09. The van der Waals surface area contributed by atoms with Gasteiger partial charge in [0.25, 0.3) is 0 Å². The molecule has 0 radical (unpaired) electrons. The van der Waals surface area contributed by atoms with Gasteiger partial charge in [-0.2, -0.15) is 0 Å². The van der Waals surface area contributed by atoms with E-state index in [9.17, 15) is 0 Å². The Morgan fingerprint density at radius 3 is 2.05 bits per heavy atom. The van der Waals surface area contributed by atoms with Crippen LogP contribution in [-0.4, -0.2) is 0 Å². The van der Waals surface area contributed by atoms with Crippen LogP contribution < -0.4 is 10.5 Å². The number of para-hydroxylation sites is 1. The molecular weight excluding hydrogens is 258 g/mol. The van der Waals surface area contributed by atoms with Crippen molar-refractivity contribution in [3.05, 3.63) is 60.2 Å². The van der Waals surface area contributed by atoms with Crippen molar-refractivity contribution >= 4 is 12.4 Å². The Hall–Kier alpha value is -1.51. The van der Waals surface area contributed by atoms with Gasteiger partial charge in [-0.25, -0.2) is 0 Å². The Morgan fingerprint density at radius 2 is 1.47 bits per heavy atom. The lowest BCUT2D eigenvalue weighted by molar-refractivity contribution is 0.482. The van der Waals surface area contributed by atoms with E-state index in [-0.39, 0.29) is 18.4 Å². The predicted molar refractivity (Wildman–Crippen MR) is 79.9 cm³/mol. The first-order valence-electron chi connectivity index (χ1n) is 6.41. The Bertz CT molecular complexity index is 508. The van der Waals surface area contributed by atoms with Gasteiger partial charge >= 0.3 is 0 Å². The van der Waals surface area contributed by atoms with Gasteiger partial charge in [-0.1, -0.05) is 30.3 Å². The topological polar surface area (TPSA) is 35.2 Å². The highest BCUT2D eigenvalue weighted by molar-refractivity contribution is 5.85. The number of halogens is 1. The monoisotopic (exact) mass is 275 g/mol. The summed E-state index contributed by atoms with van der Waals surface area (Å²) in [6.07, 6.45) is 2.53. The van der Waals surface area contributed by atoms with Crippen molar-refractivity contribution in [2.75, 3.05) is 0 Å². The largest absolute Gasteiger partial charge is 0.457 e. The SMILES string of the molecule is Cl.N[C@@H](c1ccc(Oc2ccccc2)cc1)C1CC1. The summed E-state index contributed by atoms with van der Waals surface area (Å²) in [5.41, 5.74) is 7.37. The minimum Gasteiger partial charge on any atom is -0.457 e. The fourth-order valence-corrected chi connectivity index (χ4v) is 2.11. The van der Waals surface area contributed by atoms with Crippen LogP contribution in [0.15, 0.2) is 54.6 Å². The Kier molecular flexibility index (Phi) is 4.46.